The van der Waals surface area contributed by atoms with E-state index in [1.54, 1.807) is 18.5 Å². The molecule has 4 rings (SSSR count). The summed E-state index contributed by atoms with van der Waals surface area (Å²) in [6.07, 6.45) is 2.97. The highest BCUT2D eigenvalue weighted by molar-refractivity contribution is 5.90. The van der Waals surface area contributed by atoms with Gasteiger partial charge >= 0.3 is 5.97 Å². The van der Waals surface area contributed by atoms with Gasteiger partial charge < -0.3 is 10.1 Å². The molecule has 2 heterocycles. The molecular weight excluding hydrogens is 318 g/mol. The van der Waals surface area contributed by atoms with Crippen molar-refractivity contribution in [3.63, 3.8) is 0 Å². The first-order chi connectivity index (χ1) is 12.2. The van der Waals surface area contributed by atoms with Gasteiger partial charge in [0.2, 0.25) is 5.91 Å². The minimum atomic E-state index is -0.386. The van der Waals surface area contributed by atoms with Crippen molar-refractivity contribution in [1.82, 2.24) is 14.9 Å². The second-order valence-electron chi connectivity index (χ2n) is 6.05. The molecule has 1 aliphatic heterocycles. The van der Waals surface area contributed by atoms with Gasteiger partial charge in [-0.2, -0.15) is 0 Å². The number of nitrogens with zero attached hydrogens (tertiary/aromatic N) is 2. The van der Waals surface area contributed by atoms with Crippen LogP contribution in [0.4, 0.5) is 0 Å². The van der Waals surface area contributed by atoms with Gasteiger partial charge in [-0.05, 0) is 42.8 Å². The van der Waals surface area contributed by atoms with Crippen molar-refractivity contribution in [1.29, 1.82) is 0 Å². The zero-order valence-electron chi connectivity index (χ0n) is 13.5. The molecule has 1 aromatic heterocycles. The lowest BCUT2D eigenvalue weighted by Crippen LogP contribution is -2.30. The van der Waals surface area contributed by atoms with E-state index in [0.29, 0.717) is 18.4 Å². The number of aromatic nitrogens is 2. The third kappa shape index (κ3) is 3.10. The maximum Gasteiger partial charge on any atom is 0.338 e. The van der Waals surface area contributed by atoms with Crippen LogP contribution in [0.1, 0.15) is 23.2 Å². The molecule has 3 aromatic rings. The Hall–Kier alpha value is -3.15. The number of ether oxygens (including phenoxy) is 1. The third-order valence-corrected chi connectivity index (χ3v) is 4.34. The SMILES string of the molecule is O=C1CC[C@@H](COC(=O)c2ccc(-n3cnc4ccccc43)cc2)N1. The van der Waals surface area contributed by atoms with Crippen molar-refractivity contribution < 1.29 is 14.3 Å². The lowest BCUT2D eigenvalue weighted by molar-refractivity contribution is -0.119. The van der Waals surface area contributed by atoms with Gasteiger partial charge in [0.15, 0.2) is 0 Å². The number of hydrogen-bond acceptors (Lipinski definition) is 4. The molecule has 1 saturated heterocycles. The van der Waals surface area contributed by atoms with Crippen molar-refractivity contribution in [3.05, 3.63) is 60.4 Å². The number of fused-ring (bicyclic) bond motifs is 1. The Morgan fingerprint density at radius 3 is 2.76 bits per heavy atom. The maximum absolute atomic E-state index is 12.1. The molecule has 1 aliphatic rings. The van der Waals surface area contributed by atoms with Gasteiger partial charge in [0.25, 0.3) is 0 Å². The number of rotatable bonds is 4. The maximum atomic E-state index is 12.1. The summed E-state index contributed by atoms with van der Waals surface area (Å²) in [4.78, 5) is 27.7. The highest BCUT2D eigenvalue weighted by Gasteiger charge is 2.22. The van der Waals surface area contributed by atoms with Crippen LogP contribution in [0, 0.1) is 0 Å². The molecule has 1 amide bonds. The summed E-state index contributed by atoms with van der Waals surface area (Å²) in [5.41, 5.74) is 3.34. The summed E-state index contributed by atoms with van der Waals surface area (Å²) < 4.78 is 7.26. The predicted octanol–water partition coefficient (Wildman–Crippen LogP) is 2.46. The number of carbonyl (C=O) groups excluding carboxylic acids is 2. The topological polar surface area (TPSA) is 73.2 Å². The first-order valence-corrected chi connectivity index (χ1v) is 8.20. The van der Waals surface area contributed by atoms with Crippen LogP contribution in [0.15, 0.2) is 54.9 Å². The van der Waals surface area contributed by atoms with E-state index in [1.807, 2.05) is 41.0 Å². The number of imidazole rings is 1. The molecule has 1 atom stereocenters. The van der Waals surface area contributed by atoms with Gasteiger partial charge in [-0.1, -0.05) is 12.1 Å². The first kappa shape index (κ1) is 15.4. The minimum absolute atomic E-state index is 0.0120. The summed E-state index contributed by atoms with van der Waals surface area (Å²) in [5.74, 6) is -0.374. The minimum Gasteiger partial charge on any atom is -0.460 e. The highest BCUT2D eigenvalue weighted by Crippen LogP contribution is 2.18. The van der Waals surface area contributed by atoms with Gasteiger partial charge in [-0.25, -0.2) is 9.78 Å². The first-order valence-electron chi connectivity index (χ1n) is 8.20. The summed E-state index contributed by atoms with van der Waals surface area (Å²) >= 11 is 0. The van der Waals surface area contributed by atoms with Crippen LogP contribution >= 0.6 is 0 Å². The number of benzene rings is 2. The van der Waals surface area contributed by atoms with Crippen LogP contribution in [-0.4, -0.2) is 34.1 Å². The number of para-hydroxylation sites is 2. The van der Waals surface area contributed by atoms with Crippen molar-refractivity contribution in [2.45, 2.75) is 18.9 Å². The van der Waals surface area contributed by atoms with Crippen molar-refractivity contribution in [2.75, 3.05) is 6.61 Å². The fourth-order valence-electron chi connectivity index (χ4n) is 2.98. The fraction of sp³-hybridized carbons (Fsp3) is 0.211. The van der Waals surface area contributed by atoms with Crippen LogP contribution in [0.25, 0.3) is 16.7 Å². The smallest absolute Gasteiger partial charge is 0.338 e. The number of hydrogen-bond donors (Lipinski definition) is 1. The average Bonchev–Trinajstić information content (AvgIpc) is 3.26. The van der Waals surface area contributed by atoms with Crippen LogP contribution in [0.2, 0.25) is 0 Å². The van der Waals surface area contributed by atoms with E-state index in [1.165, 1.54) is 0 Å². The Bertz CT molecular complexity index is 930. The number of amides is 1. The molecule has 25 heavy (non-hydrogen) atoms. The second kappa shape index (κ2) is 6.39. The van der Waals surface area contributed by atoms with E-state index in [-0.39, 0.29) is 24.5 Å². The molecule has 0 aliphatic carbocycles. The van der Waals surface area contributed by atoms with Crippen LogP contribution in [0.3, 0.4) is 0 Å². The summed E-state index contributed by atoms with van der Waals surface area (Å²) in [7, 11) is 0. The van der Waals surface area contributed by atoms with Gasteiger partial charge in [-0.3, -0.25) is 9.36 Å². The van der Waals surface area contributed by atoms with Gasteiger partial charge in [-0.15, -0.1) is 0 Å². The molecule has 0 spiro atoms. The van der Waals surface area contributed by atoms with E-state index in [2.05, 4.69) is 10.3 Å². The molecule has 1 fully saturated rings. The van der Waals surface area contributed by atoms with Crippen LogP contribution in [0.5, 0.6) is 0 Å². The Labute approximate surface area is 144 Å². The predicted molar refractivity (Wildman–Crippen MR) is 92.5 cm³/mol. The molecule has 0 unspecified atom stereocenters. The molecule has 0 saturated carbocycles. The Kier molecular flexibility index (Phi) is 3.93. The molecule has 6 nitrogen and oxygen atoms in total. The second-order valence-corrected chi connectivity index (χ2v) is 6.05. The van der Waals surface area contributed by atoms with E-state index < -0.39 is 0 Å². The van der Waals surface area contributed by atoms with Crippen molar-refractivity contribution in [2.24, 2.45) is 0 Å². The van der Waals surface area contributed by atoms with Crippen LogP contribution < -0.4 is 5.32 Å². The Balaban J connectivity index is 1.46. The summed E-state index contributed by atoms with van der Waals surface area (Å²) in [6.45, 7) is 0.207. The Morgan fingerprint density at radius 2 is 2.00 bits per heavy atom. The molecule has 2 aromatic carbocycles. The van der Waals surface area contributed by atoms with E-state index in [9.17, 15) is 9.59 Å². The fourth-order valence-corrected chi connectivity index (χ4v) is 2.98. The molecule has 126 valence electrons. The monoisotopic (exact) mass is 335 g/mol. The number of esters is 1. The summed E-state index contributed by atoms with van der Waals surface area (Å²) in [5, 5.41) is 2.78. The van der Waals surface area contributed by atoms with Crippen molar-refractivity contribution in [3.8, 4) is 5.69 Å². The van der Waals surface area contributed by atoms with E-state index in [4.69, 9.17) is 4.74 Å². The molecule has 0 radical (unpaired) electrons. The number of nitrogens with one attached hydrogen (secondary N) is 1. The van der Waals surface area contributed by atoms with Crippen molar-refractivity contribution >= 4 is 22.9 Å². The number of carbonyl (C=O) groups is 2. The zero-order chi connectivity index (χ0) is 17.2. The molecule has 1 N–H and O–H groups in total. The largest absolute Gasteiger partial charge is 0.460 e. The van der Waals surface area contributed by atoms with Gasteiger partial charge in [0.05, 0.1) is 22.6 Å². The highest BCUT2D eigenvalue weighted by atomic mass is 16.5. The van der Waals surface area contributed by atoms with Gasteiger partial charge in [0, 0.05) is 12.1 Å². The Morgan fingerprint density at radius 1 is 1.20 bits per heavy atom. The standard InChI is InChI=1S/C19H17N3O3/c23-18-10-7-14(21-18)11-25-19(24)13-5-8-15(9-6-13)22-12-20-16-3-1-2-4-17(16)22/h1-6,8-9,12,14H,7,10-11H2,(H,21,23)/t14-/m0/s1. The third-order valence-electron chi connectivity index (χ3n) is 4.34. The van der Waals surface area contributed by atoms with E-state index in [0.717, 1.165) is 16.7 Å². The quantitative estimate of drug-likeness (QED) is 0.743. The van der Waals surface area contributed by atoms with Gasteiger partial charge in [0.1, 0.15) is 12.9 Å². The van der Waals surface area contributed by atoms with E-state index >= 15 is 0 Å². The molecule has 6 heteroatoms. The zero-order valence-corrected chi connectivity index (χ0v) is 13.5. The van der Waals surface area contributed by atoms with Crippen LogP contribution in [-0.2, 0) is 9.53 Å². The molecule has 0 bridgehead atoms. The molecular formula is C19H17N3O3. The summed E-state index contributed by atoms with van der Waals surface area (Å²) in [6, 6.07) is 15.0. The lowest BCUT2D eigenvalue weighted by atomic mass is 10.2. The normalized spacial score (nSPS) is 16.8. The lowest BCUT2D eigenvalue weighted by Gasteiger charge is -2.11. The average molecular weight is 335 g/mol.